The van der Waals surface area contributed by atoms with Crippen LogP contribution in [0.1, 0.15) is 39.0 Å². The van der Waals surface area contributed by atoms with E-state index in [1.54, 1.807) is 0 Å². The highest BCUT2D eigenvalue weighted by atomic mass is 35.5. The maximum atomic E-state index is 11.5. The van der Waals surface area contributed by atoms with Crippen LogP contribution in [0.3, 0.4) is 0 Å². The van der Waals surface area contributed by atoms with Crippen molar-refractivity contribution < 1.29 is 8.42 Å². The number of alkyl halides is 1. The van der Waals surface area contributed by atoms with Crippen molar-refractivity contribution in [3.63, 3.8) is 0 Å². The lowest BCUT2D eigenvalue weighted by molar-refractivity contribution is 0.260. The molecule has 0 aromatic heterocycles. The van der Waals surface area contributed by atoms with Crippen LogP contribution in [-0.2, 0) is 10.0 Å². The molecule has 1 aliphatic carbocycles. The van der Waals surface area contributed by atoms with Gasteiger partial charge >= 0.3 is 0 Å². The van der Waals surface area contributed by atoms with E-state index in [2.05, 4.69) is 4.72 Å². The first-order valence-corrected chi connectivity index (χ1v) is 8.31. The first-order chi connectivity index (χ1) is 7.59. The van der Waals surface area contributed by atoms with E-state index in [-0.39, 0.29) is 5.75 Å². The first kappa shape index (κ1) is 14.3. The highest BCUT2D eigenvalue weighted by molar-refractivity contribution is 7.89. The SMILES string of the molecule is CCCS(=O)(=O)NCC1CCCCC1CCl. The second kappa shape index (κ2) is 6.82. The minimum atomic E-state index is -3.06. The Balaban J connectivity index is 2.41. The summed E-state index contributed by atoms with van der Waals surface area (Å²) in [4.78, 5) is 0. The van der Waals surface area contributed by atoms with Gasteiger partial charge in [-0.2, -0.15) is 0 Å². The normalized spacial score (nSPS) is 26.9. The summed E-state index contributed by atoms with van der Waals surface area (Å²) in [5, 5.41) is 0. The summed E-state index contributed by atoms with van der Waals surface area (Å²) in [6.07, 6.45) is 5.35. The van der Waals surface area contributed by atoms with Crippen molar-refractivity contribution in [1.29, 1.82) is 0 Å². The Morgan fingerprint density at radius 2 is 1.88 bits per heavy atom. The Hall–Kier alpha value is 0.200. The van der Waals surface area contributed by atoms with Crippen LogP contribution < -0.4 is 4.72 Å². The molecule has 0 amide bonds. The zero-order chi connectivity index (χ0) is 12.0. The fraction of sp³-hybridized carbons (Fsp3) is 1.00. The van der Waals surface area contributed by atoms with E-state index in [4.69, 9.17) is 11.6 Å². The topological polar surface area (TPSA) is 46.2 Å². The summed E-state index contributed by atoms with van der Waals surface area (Å²) in [7, 11) is -3.06. The van der Waals surface area contributed by atoms with Crippen molar-refractivity contribution in [1.82, 2.24) is 4.72 Å². The van der Waals surface area contributed by atoms with Crippen molar-refractivity contribution in [2.24, 2.45) is 11.8 Å². The molecule has 0 bridgehead atoms. The van der Waals surface area contributed by atoms with Crippen LogP contribution in [0.25, 0.3) is 0 Å². The molecule has 0 saturated heterocycles. The van der Waals surface area contributed by atoms with Gasteiger partial charge in [0.2, 0.25) is 10.0 Å². The summed E-state index contributed by atoms with van der Waals surface area (Å²) >= 11 is 5.91. The molecule has 96 valence electrons. The summed E-state index contributed by atoms with van der Waals surface area (Å²) in [6, 6.07) is 0. The molecule has 0 aromatic carbocycles. The highest BCUT2D eigenvalue weighted by Gasteiger charge is 2.25. The van der Waals surface area contributed by atoms with E-state index in [9.17, 15) is 8.42 Å². The average molecular weight is 268 g/mol. The van der Waals surface area contributed by atoms with E-state index in [0.29, 0.717) is 30.7 Å². The van der Waals surface area contributed by atoms with Gasteiger partial charge in [-0.3, -0.25) is 0 Å². The molecule has 0 aliphatic heterocycles. The molecule has 1 saturated carbocycles. The fourth-order valence-corrected chi connectivity index (χ4v) is 3.89. The minimum absolute atomic E-state index is 0.227. The van der Waals surface area contributed by atoms with Crippen LogP contribution in [0.5, 0.6) is 0 Å². The molecule has 1 aliphatic rings. The highest BCUT2D eigenvalue weighted by Crippen LogP contribution is 2.30. The van der Waals surface area contributed by atoms with Gasteiger partial charge < -0.3 is 0 Å². The van der Waals surface area contributed by atoms with Crippen molar-refractivity contribution in [3.8, 4) is 0 Å². The molecule has 3 nitrogen and oxygen atoms in total. The minimum Gasteiger partial charge on any atom is -0.215 e. The van der Waals surface area contributed by atoms with Gasteiger partial charge in [0.05, 0.1) is 5.75 Å². The predicted octanol–water partition coefficient (Wildman–Crippen LogP) is 2.36. The molecular formula is C11H22ClNO2S. The van der Waals surface area contributed by atoms with Crippen LogP contribution in [0, 0.1) is 11.8 Å². The molecular weight excluding hydrogens is 246 g/mol. The summed E-state index contributed by atoms with van der Waals surface area (Å²) in [5.74, 6) is 1.79. The standard InChI is InChI=1S/C11H22ClNO2S/c1-2-7-16(14,15)13-9-11-6-4-3-5-10(11)8-12/h10-11,13H,2-9H2,1H3. The quantitative estimate of drug-likeness (QED) is 0.751. The second-order valence-electron chi connectivity index (χ2n) is 4.63. The third-order valence-electron chi connectivity index (χ3n) is 3.30. The Labute approximate surface area is 104 Å². The predicted molar refractivity (Wildman–Crippen MR) is 68.2 cm³/mol. The van der Waals surface area contributed by atoms with Gasteiger partial charge in [-0.25, -0.2) is 13.1 Å². The summed E-state index contributed by atoms with van der Waals surface area (Å²) in [6.45, 7) is 2.45. The van der Waals surface area contributed by atoms with Gasteiger partial charge in [0.1, 0.15) is 0 Å². The molecule has 2 atom stereocenters. The molecule has 0 spiro atoms. The van der Waals surface area contributed by atoms with Gasteiger partial charge in [0.15, 0.2) is 0 Å². The lowest BCUT2D eigenvalue weighted by Crippen LogP contribution is -2.35. The van der Waals surface area contributed by atoms with Gasteiger partial charge in [-0.05, 0) is 31.1 Å². The maximum absolute atomic E-state index is 11.5. The fourth-order valence-electron chi connectivity index (χ4n) is 2.33. The molecule has 1 N–H and O–H groups in total. The molecule has 16 heavy (non-hydrogen) atoms. The monoisotopic (exact) mass is 267 g/mol. The molecule has 1 fully saturated rings. The zero-order valence-corrected chi connectivity index (χ0v) is 11.5. The molecule has 0 radical (unpaired) electrons. The summed E-state index contributed by atoms with van der Waals surface area (Å²) < 4.78 is 25.8. The van der Waals surface area contributed by atoms with E-state index in [0.717, 1.165) is 12.8 Å². The molecule has 0 aromatic rings. The first-order valence-electron chi connectivity index (χ1n) is 6.12. The van der Waals surface area contributed by atoms with Crippen LogP contribution in [0.15, 0.2) is 0 Å². The third kappa shape index (κ3) is 4.60. The van der Waals surface area contributed by atoms with Gasteiger partial charge in [-0.15, -0.1) is 11.6 Å². The van der Waals surface area contributed by atoms with E-state index in [1.807, 2.05) is 6.92 Å². The molecule has 1 rings (SSSR count). The molecule has 0 heterocycles. The van der Waals surface area contributed by atoms with Crippen LogP contribution >= 0.6 is 11.6 Å². The number of nitrogens with one attached hydrogen (secondary N) is 1. The third-order valence-corrected chi connectivity index (χ3v) is 5.25. The number of hydrogen-bond donors (Lipinski definition) is 1. The molecule has 2 unspecified atom stereocenters. The zero-order valence-electron chi connectivity index (χ0n) is 9.91. The summed E-state index contributed by atoms with van der Waals surface area (Å²) in [5.41, 5.74) is 0. The average Bonchev–Trinajstić information content (AvgIpc) is 2.27. The van der Waals surface area contributed by atoms with Gasteiger partial charge in [0, 0.05) is 12.4 Å². The number of sulfonamides is 1. The van der Waals surface area contributed by atoms with E-state index < -0.39 is 10.0 Å². The smallest absolute Gasteiger partial charge is 0.211 e. The van der Waals surface area contributed by atoms with Gasteiger partial charge in [-0.1, -0.05) is 19.8 Å². The van der Waals surface area contributed by atoms with Crippen molar-refractivity contribution >= 4 is 21.6 Å². The maximum Gasteiger partial charge on any atom is 0.211 e. The largest absolute Gasteiger partial charge is 0.215 e. The van der Waals surface area contributed by atoms with E-state index >= 15 is 0 Å². The van der Waals surface area contributed by atoms with Crippen LogP contribution in [-0.4, -0.2) is 26.6 Å². The van der Waals surface area contributed by atoms with Crippen LogP contribution in [0.4, 0.5) is 0 Å². The van der Waals surface area contributed by atoms with Crippen molar-refractivity contribution in [2.75, 3.05) is 18.2 Å². The van der Waals surface area contributed by atoms with E-state index in [1.165, 1.54) is 12.8 Å². The second-order valence-corrected chi connectivity index (χ2v) is 6.86. The van der Waals surface area contributed by atoms with Crippen LogP contribution in [0.2, 0.25) is 0 Å². The number of hydrogen-bond acceptors (Lipinski definition) is 2. The lowest BCUT2D eigenvalue weighted by Gasteiger charge is -2.30. The lowest BCUT2D eigenvalue weighted by atomic mass is 9.80. The van der Waals surface area contributed by atoms with Crippen molar-refractivity contribution in [3.05, 3.63) is 0 Å². The van der Waals surface area contributed by atoms with Gasteiger partial charge in [0.25, 0.3) is 0 Å². The Bertz CT molecular complexity index is 292. The molecule has 5 heteroatoms. The Morgan fingerprint density at radius 1 is 1.25 bits per heavy atom. The number of rotatable bonds is 6. The van der Waals surface area contributed by atoms with Crippen molar-refractivity contribution in [2.45, 2.75) is 39.0 Å². The number of halogens is 1. The Morgan fingerprint density at radius 3 is 2.44 bits per heavy atom. The Kier molecular flexibility index (Phi) is 6.08.